The maximum Gasteiger partial charge on any atom is 0.249 e. The summed E-state index contributed by atoms with van der Waals surface area (Å²) in [4.78, 5) is 27.2. The number of amides is 2. The Hall–Kier alpha value is -2.73. The molecule has 0 spiro atoms. The second-order valence-electron chi connectivity index (χ2n) is 4.63. The van der Waals surface area contributed by atoms with Gasteiger partial charge in [0.2, 0.25) is 11.8 Å². The van der Waals surface area contributed by atoms with Gasteiger partial charge in [0.25, 0.3) is 0 Å². The Bertz CT molecular complexity index is 704. The van der Waals surface area contributed by atoms with Gasteiger partial charge in [0.15, 0.2) is 0 Å². The van der Waals surface area contributed by atoms with E-state index in [4.69, 9.17) is 11.6 Å². The molecule has 1 aromatic carbocycles. The maximum absolute atomic E-state index is 11.6. The van der Waals surface area contributed by atoms with Crippen LogP contribution < -0.4 is 10.7 Å². The van der Waals surface area contributed by atoms with Gasteiger partial charge >= 0.3 is 0 Å². The highest BCUT2D eigenvalue weighted by Gasteiger charge is 2.08. The number of nitrogens with zero attached hydrogens (tertiary/aromatic N) is 2. The van der Waals surface area contributed by atoms with Crippen molar-refractivity contribution in [3.63, 3.8) is 0 Å². The van der Waals surface area contributed by atoms with Crippen LogP contribution in [0.15, 0.2) is 53.9 Å². The fraction of sp³-hybridized carbons (Fsp3) is 0.125. The van der Waals surface area contributed by atoms with Gasteiger partial charge in [0.05, 0.1) is 6.21 Å². The number of carbonyl (C=O) groups excluding carboxylic acids is 2. The van der Waals surface area contributed by atoms with Crippen molar-refractivity contribution in [2.24, 2.45) is 5.10 Å². The zero-order valence-corrected chi connectivity index (χ0v) is 13.0. The molecule has 0 radical (unpaired) electrons. The van der Waals surface area contributed by atoms with E-state index in [0.717, 1.165) is 5.56 Å². The molecule has 0 bridgehead atoms. The summed E-state index contributed by atoms with van der Waals surface area (Å²) in [6.07, 6.45) is 4.41. The van der Waals surface area contributed by atoms with Gasteiger partial charge < -0.3 is 5.32 Å². The van der Waals surface area contributed by atoms with Crippen LogP contribution in [0.1, 0.15) is 17.5 Å². The van der Waals surface area contributed by atoms with E-state index in [1.54, 1.807) is 42.7 Å². The molecule has 118 valence electrons. The van der Waals surface area contributed by atoms with E-state index < -0.39 is 5.91 Å². The van der Waals surface area contributed by atoms with Crippen molar-refractivity contribution in [3.05, 3.63) is 64.9 Å². The number of hydrazone groups is 1. The third-order valence-corrected chi connectivity index (χ3v) is 3.18. The van der Waals surface area contributed by atoms with Crippen molar-refractivity contribution in [2.45, 2.75) is 13.0 Å². The van der Waals surface area contributed by atoms with Crippen molar-refractivity contribution in [1.82, 2.24) is 15.7 Å². The smallest absolute Gasteiger partial charge is 0.249 e. The first-order valence-electron chi connectivity index (χ1n) is 6.87. The molecule has 2 rings (SSSR count). The van der Waals surface area contributed by atoms with E-state index in [9.17, 15) is 9.59 Å². The predicted octanol–water partition coefficient (Wildman–Crippen LogP) is 1.89. The molecule has 2 aromatic rings. The monoisotopic (exact) mass is 330 g/mol. The molecule has 1 heterocycles. The Morgan fingerprint density at radius 2 is 2.00 bits per heavy atom. The molecule has 23 heavy (non-hydrogen) atoms. The Morgan fingerprint density at radius 1 is 1.17 bits per heavy atom. The molecule has 0 unspecified atom stereocenters. The minimum absolute atomic E-state index is 0.305. The summed E-state index contributed by atoms with van der Waals surface area (Å²) in [5, 5.41) is 6.94. The van der Waals surface area contributed by atoms with Crippen molar-refractivity contribution in [1.29, 1.82) is 0 Å². The van der Waals surface area contributed by atoms with Gasteiger partial charge in [-0.2, -0.15) is 5.10 Å². The van der Waals surface area contributed by atoms with E-state index in [2.05, 4.69) is 20.8 Å². The lowest BCUT2D eigenvalue weighted by Gasteiger charge is -2.04. The molecule has 0 aliphatic carbocycles. The molecule has 0 saturated carbocycles. The van der Waals surface area contributed by atoms with Crippen molar-refractivity contribution >= 4 is 29.6 Å². The van der Waals surface area contributed by atoms with E-state index >= 15 is 0 Å². The third-order valence-electron chi connectivity index (χ3n) is 2.83. The zero-order valence-electron chi connectivity index (χ0n) is 12.2. The second-order valence-corrected chi connectivity index (χ2v) is 5.04. The molecule has 0 atom stereocenters. The molecule has 2 amide bonds. The van der Waals surface area contributed by atoms with E-state index in [-0.39, 0.29) is 12.3 Å². The van der Waals surface area contributed by atoms with Gasteiger partial charge in [0.1, 0.15) is 6.42 Å². The molecule has 2 N–H and O–H groups in total. The fourth-order valence-corrected chi connectivity index (χ4v) is 1.89. The maximum atomic E-state index is 11.6. The van der Waals surface area contributed by atoms with Crippen molar-refractivity contribution in [2.75, 3.05) is 0 Å². The lowest BCUT2D eigenvalue weighted by molar-refractivity contribution is -0.129. The molecule has 0 aliphatic heterocycles. The number of nitrogens with one attached hydrogen (secondary N) is 2. The lowest BCUT2D eigenvalue weighted by atomic mass is 10.2. The number of aromatic nitrogens is 1. The van der Waals surface area contributed by atoms with Gasteiger partial charge in [-0.1, -0.05) is 35.9 Å². The summed E-state index contributed by atoms with van der Waals surface area (Å²) in [5.41, 5.74) is 3.82. The van der Waals surface area contributed by atoms with Crippen molar-refractivity contribution < 1.29 is 9.59 Å². The van der Waals surface area contributed by atoms with Crippen molar-refractivity contribution in [3.8, 4) is 0 Å². The highest BCUT2D eigenvalue weighted by Crippen LogP contribution is 2.11. The summed E-state index contributed by atoms with van der Waals surface area (Å²) in [5.74, 6) is -0.892. The number of hydrogen-bond acceptors (Lipinski definition) is 4. The van der Waals surface area contributed by atoms with Gasteiger partial charge in [-0.05, 0) is 17.7 Å². The van der Waals surface area contributed by atoms with Crippen LogP contribution in [0.25, 0.3) is 0 Å². The molecular formula is C16H15ClN4O2. The summed E-state index contributed by atoms with van der Waals surface area (Å²) in [6, 6.07) is 10.7. The second kappa shape index (κ2) is 8.65. The van der Waals surface area contributed by atoms with E-state index in [1.165, 1.54) is 6.21 Å². The number of halogens is 1. The Morgan fingerprint density at radius 3 is 2.74 bits per heavy atom. The van der Waals surface area contributed by atoms with Gasteiger partial charge in [-0.3, -0.25) is 14.6 Å². The molecule has 7 heteroatoms. The predicted molar refractivity (Wildman–Crippen MR) is 87.9 cm³/mol. The van der Waals surface area contributed by atoms with Crippen LogP contribution in [0.5, 0.6) is 0 Å². The summed E-state index contributed by atoms with van der Waals surface area (Å²) < 4.78 is 0. The standard InChI is InChI=1S/C16H15ClN4O2/c17-14-6-2-1-5-13(14)11-20-21-16(23)8-15(22)19-10-12-4-3-7-18-9-12/h1-7,9,11H,8,10H2,(H,19,22)(H,21,23)/b20-11-. The first kappa shape index (κ1) is 16.6. The number of pyridine rings is 1. The van der Waals surface area contributed by atoms with Crippen LogP contribution in [0.4, 0.5) is 0 Å². The largest absolute Gasteiger partial charge is 0.352 e. The van der Waals surface area contributed by atoms with Crippen LogP contribution in [0.2, 0.25) is 5.02 Å². The van der Waals surface area contributed by atoms with Gasteiger partial charge in [-0.15, -0.1) is 0 Å². The highest BCUT2D eigenvalue weighted by molar-refractivity contribution is 6.33. The minimum atomic E-state index is -0.503. The molecule has 6 nitrogen and oxygen atoms in total. The van der Waals surface area contributed by atoms with Gasteiger partial charge in [-0.25, -0.2) is 5.43 Å². The quantitative estimate of drug-likeness (QED) is 0.482. The molecule has 0 fully saturated rings. The van der Waals surface area contributed by atoms with Crippen LogP contribution in [0, 0.1) is 0 Å². The summed E-state index contributed by atoms with van der Waals surface area (Å²) in [7, 11) is 0. The average Bonchev–Trinajstić information content (AvgIpc) is 2.56. The van der Waals surface area contributed by atoms with Crippen LogP contribution >= 0.6 is 11.6 Å². The SMILES string of the molecule is O=C(CC(=O)N/N=C\c1ccccc1Cl)NCc1cccnc1. The Balaban J connectivity index is 1.74. The minimum Gasteiger partial charge on any atom is -0.352 e. The molecule has 1 aromatic heterocycles. The highest BCUT2D eigenvalue weighted by atomic mass is 35.5. The van der Waals surface area contributed by atoms with Crippen LogP contribution in [0.3, 0.4) is 0 Å². The molecule has 0 aliphatic rings. The third kappa shape index (κ3) is 5.88. The Kier molecular flexibility index (Phi) is 6.26. The first-order chi connectivity index (χ1) is 11.1. The fourth-order valence-electron chi connectivity index (χ4n) is 1.70. The van der Waals surface area contributed by atoms with E-state index in [1.807, 2.05) is 6.07 Å². The molecular weight excluding hydrogens is 316 g/mol. The van der Waals surface area contributed by atoms with Gasteiger partial charge in [0, 0.05) is 29.5 Å². The number of rotatable bonds is 6. The topological polar surface area (TPSA) is 83.5 Å². The lowest BCUT2D eigenvalue weighted by Crippen LogP contribution is -2.29. The number of benzene rings is 1. The number of hydrogen-bond donors (Lipinski definition) is 2. The normalized spacial score (nSPS) is 10.5. The van der Waals surface area contributed by atoms with Crippen LogP contribution in [-0.4, -0.2) is 23.0 Å². The van der Waals surface area contributed by atoms with Crippen LogP contribution in [-0.2, 0) is 16.1 Å². The Labute approximate surface area is 138 Å². The summed E-state index contributed by atoms with van der Waals surface area (Å²) >= 11 is 5.95. The first-order valence-corrected chi connectivity index (χ1v) is 7.25. The average molecular weight is 331 g/mol. The zero-order chi connectivity index (χ0) is 16.5. The summed E-state index contributed by atoms with van der Waals surface area (Å²) in [6.45, 7) is 0.322. The number of carbonyl (C=O) groups is 2. The molecule has 0 saturated heterocycles. The van der Waals surface area contributed by atoms with E-state index in [0.29, 0.717) is 17.1 Å².